The summed E-state index contributed by atoms with van der Waals surface area (Å²) in [4.78, 5) is 19.5. The third kappa shape index (κ3) is 3.81. The second kappa shape index (κ2) is 6.42. The Hall–Kier alpha value is -0.980. The number of esters is 1. The van der Waals surface area contributed by atoms with Crippen LogP contribution in [-0.4, -0.2) is 46.8 Å². The zero-order valence-corrected chi connectivity index (χ0v) is 13.9. The number of piperidine rings is 1. The van der Waals surface area contributed by atoms with E-state index in [4.69, 9.17) is 4.74 Å². The number of carbonyl (C=O) groups excluding carboxylic acids is 1. The maximum Gasteiger partial charge on any atom is 0.325 e. The Morgan fingerprint density at radius 1 is 1.57 bits per heavy atom. The summed E-state index contributed by atoms with van der Waals surface area (Å²) in [6, 6.07) is -0.566. The molecular formula is C15H24N2O3S. The van der Waals surface area contributed by atoms with E-state index < -0.39 is 12.1 Å². The van der Waals surface area contributed by atoms with Crippen LogP contribution in [0.2, 0.25) is 0 Å². The number of hydrogen-bond acceptors (Lipinski definition) is 6. The van der Waals surface area contributed by atoms with Crippen LogP contribution in [0.25, 0.3) is 0 Å². The van der Waals surface area contributed by atoms with Crippen LogP contribution < -0.4 is 0 Å². The van der Waals surface area contributed by atoms with E-state index in [0.29, 0.717) is 13.0 Å². The summed E-state index contributed by atoms with van der Waals surface area (Å²) >= 11 is 1.67. The summed E-state index contributed by atoms with van der Waals surface area (Å²) in [5, 5.41) is 11.2. The maximum absolute atomic E-state index is 11.9. The van der Waals surface area contributed by atoms with E-state index in [2.05, 4.69) is 25.8 Å². The molecule has 0 unspecified atom stereocenters. The third-order valence-corrected chi connectivity index (χ3v) is 5.11. The molecule has 1 fully saturated rings. The van der Waals surface area contributed by atoms with Gasteiger partial charge >= 0.3 is 5.97 Å². The summed E-state index contributed by atoms with van der Waals surface area (Å²) < 4.78 is 4.83. The number of aromatic nitrogens is 1. The molecule has 0 aromatic carbocycles. The van der Waals surface area contributed by atoms with Crippen molar-refractivity contribution in [2.45, 2.75) is 57.7 Å². The van der Waals surface area contributed by atoms with Gasteiger partial charge < -0.3 is 9.84 Å². The Bertz CT molecular complexity index is 495. The summed E-state index contributed by atoms with van der Waals surface area (Å²) in [7, 11) is 1.37. The molecule has 1 N–H and O–H groups in total. The van der Waals surface area contributed by atoms with Crippen LogP contribution in [0.3, 0.4) is 0 Å². The van der Waals surface area contributed by atoms with Crippen LogP contribution in [0.1, 0.15) is 43.5 Å². The topological polar surface area (TPSA) is 62.7 Å². The molecule has 0 aliphatic carbocycles. The van der Waals surface area contributed by atoms with Crippen molar-refractivity contribution in [2.75, 3.05) is 13.7 Å². The van der Waals surface area contributed by atoms with Crippen LogP contribution in [0.15, 0.2) is 6.20 Å². The standard InChI is InChI=1S/C15H24N2O3S/c1-15(2,3)14-16-8-10(21-14)9-17-7-5-6-11(18)12(17)13(19)20-4/h8,11-12,18H,5-7,9H2,1-4H3/t11-,12+/m0/s1. The number of methoxy groups -OCH3 is 1. The minimum absolute atomic E-state index is 0.0338. The van der Waals surface area contributed by atoms with Gasteiger partial charge in [-0.05, 0) is 19.4 Å². The lowest BCUT2D eigenvalue weighted by atomic mass is 9.98. The first-order valence-corrected chi connectivity index (χ1v) is 8.09. The largest absolute Gasteiger partial charge is 0.468 e. The fourth-order valence-corrected chi connectivity index (χ4v) is 3.57. The number of thiazole rings is 1. The Labute approximate surface area is 129 Å². The van der Waals surface area contributed by atoms with E-state index in [1.807, 2.05) is 11.1 Å². The first-order valence-electron chi connectivity index (χ1n) is 7.28. The molecule has 0 amide bonds. The maximum atomic E-state index is 11.9. The van der Waals surface area contributed by atoms with Crippen LogP contribution >= 0.6 is 11.3 Å². The van der Waals surface area contributed by atoms with E-state index in [0.717, 1.165) is 22.9 Å². The van der Waals surface area contributed by atoms with Crippen molar-refractivity contribution < 1.29 is 14.6 Å². The summed E-state index contributed by atoms with van der Waals surface area (Å²) in [5.74, 6) is -0.359. The van der Waals surface area contributed by atoms with E-state index in [1.54, 1.807) is 11.3 Å². The first kappa shape index (κ1) is 16.4. The monoisotopic (exact) mass is 312 g/mol. The Balaban J connectivity index is 2.12. The molecule has 118 valence electrons. The SMILES string of the molecule is COC(=O)[C@H]1[C@@H](O)CCCN1Cc1cnc(C(C)(C)C)s1. The number of likely N-dealkylation sites (tertiary alicyclic amines) is 1. The van der Waals surface area contributed by atoms with Gasteiger partial charge in [0.15, 0.2) is 0 Å². The molecule has 2 atom stereocenters. The van der Waals surface area contributed by atoms with Crippen LogP contribution in [0.4, 0.5) is 0 Å². The second-order valence-corrected chi connectivity index (χ2v) is 7.64. The van der Waals surface area contributed by atoms with E-state index in [-0.39, 0.29) is 11.4 Å². The number of rotatable bonds is 3. The van der Waals surface area contributed by atoms with E-state index >= 15 is 0 Å². The van der Waals surface area contributed by atoms with Crippen molar-refractivity contribution in [2.24, 2.45) is 0 Å². The number of aliphatic hydroxyl groups is 1. The average molecular weight is 312 g/mol. The molecule has 1 aliphatic rings. The number of hydrogen-bond donors (Lipinski definition) is 1. The van der Waals surface area contributed by atoms with Crippen molar-refractivity contribution in [1.82, 2.24) is 9.88 Å². The smallest absolute Gasteiger partial charge is 0.325 e. The fraction of sp³-hybridized carbons (Fsp3) is 0.733. The summed E-state index contributed by atoms with van der Waals surface area (Å²) in [6.45, 7) is 7.83. The molecule has 2 heterocycles. The highest BCUT2D eigenvalue weighted by Gasteiger charge is 2.36. The van der Waals surface area contributed by atoms with Gasteiger partial charge in [0.1, 0.15) is 6.04 Å². The van der Waals surface area contributed by atoms with Crippen LogP contribution in [-0.2, 0) is 21.5 Å². The Morgan fingerprint density at radius 2 is 2.29 bits per heavy atom. The summed E-state index contributed by atoms with van der Waals surface area (Å²) in [6.07, 6.45) is 2.76. The highest BCUT2D eigenvalue weighted by Crippen LogP contribution is 2.29. The van der Waals surface area contributed by atoms with Crippen LogP contribution in [0, 0.1) is 0 Å². The minimum Gasteiger partial charge on any atom is -0.468 e. The van der Waals surface area contributed by atoms with Gasteiger partial charge in [-0.25, -0.2) is 4.98 Å². The van der Waals surface area contributed by atoms with Gasteiger partial charge in [0.05, 0.1) is 18.2 Å². The van der Waals surface area contributed by atoms with Gasteiger partial charge in [-0.1, -0.05) is 20.8 Å². The third-order valence-electron chi connectivity index (χ3n) is 3.70. The number of ether oxygens (including phenoxy) is 1. The van der Waals surface area contributed by atoms with Crippen molar-refractivity contribution in [3.05, 3.63) is 16.1 Å². The van der Waals surface area contributed by atoms with Crippen molar-refractivity contribution in [3.8, 4) is 0 Å². The zero-order chi connectivity index (χ0) is 15.6. The molecule has 0 saturated carbocycles. The molecule has 1 saturated heterocycles. The second-order valence-electron chi connectivity index (χ2n) is 6.53. The zero-order valence-electron chi connectivity index (χ0n) is 13.1. The molecule has 1 aromatic rings. The van der Waals surface area contributed by atoms with Gasteiger partial charge in [-0.15, -0.1) is 11.3 Å². The molecular weight excluding hydrogens is 288 g/mol. The lowest BCUT2D eigenvalue weighted by molar-refractivity contribution is -0.154. The predicted molar refractivity (Wildman–Crippen MR) is 82.3 cm³/mol. The predicted octanol–water partition coefficient (Wildman–Crippen LogP) is 1.94. The molecule has 1 aliphatic heterocycles. The molecule has 0 bridgehead atoms. The molecule has 5 nitrogen and oxygen atoms in total. The molecule has 21 heavy (non-hydrogen) atoms. The van der Waals surface area contributed by atoms with Crippen molar-refractivity contribution in [3.63, 3.8) is 0 Å². The first-order chi connectivity index (χ1) is 9.82. The highest BCUT2D eigenvalue weighted by atomic mass is 32.1. The highest BCUT2D eigenvalue weighted by molar-refractivity contribution is 7.11. The summed E-state index contributed by atoms with van der Waals surface area (Å²) in [5.41, 5.74) is 0.0338. The van der Waals surface area contributed by atoms with Gasteiger partial charge in [0.25, 0.3) is 0 Å². The number of carbonyl (C=O) groups is 1. The molecule has 1 aromatic heterocycles. The fourth-order valence-electron chi connectivity index (χ4n) is 2.58. The Morgan fingerprint density at radius 3 is 2.86 bits per heavy atom. The molecule has 2 rings (SSSR count). The van der Waals surface area contributed by atoms with Crippen molar-refractivity contribution >= 4 is 17.3 Å². The molecule has 0 spiro atoms. The quantitative estimate of drug-likeness (QED) is 0.864. The molecule has 0 radical (unpaired) electrons. The lowest BCUT2D eigenvalue weighted by Gasteiger charge is -2.36. The molecule has 6 heteroatoms. The number of aliphatic hydroxyl groups excluding tert-OH is 1. The van der Waals surface area contributed by atoms with Crippen LogP contribution in [0.5, 0.6) is 0 Å². The number of nitrogens with zero attached hydrogens (tertiary/aromatic N) is 2. The van der Waals surface area contributed by atoms with Gasteiger partial charge in [0, 0.05) is 23.0 Å². The van der Waals surface area contributed by atoms with E-state index in [9.17, 15) is 9.90 Å². The van der Waals surface area contributed by atoms with Gasteiger partial charge in [0.2, 0.25) is 0 Å². The van der Waals surface area contributed by atoms with Crippen molar-refractivity contribution in [1.29, 1.82) is 0 Å². The van der Waals surface area contributed by atoms with E-state index in [1.165, 1.54) is 7.11 Å². The van der Waals surface area contributed by atoms with Gasteiger partial charge in [-0.2, -0.15) is 0 Å². The Kier molecular flexibility index (Phi) is 5.01. The minimum atomic E-state index is -0.652. The van der Waals surface area contributed by atoms with Gasteiger partial charge in [-0.3, -0.25) is 9.69 Å². The average Bonchev–Trinajstić information content (AvgIpc) is 2.87. The lowest BCUT2D eigenvalue weighted by Crippen LogP contribution is -2.52. The normalized spacial score (nSPS) is 24.0.